The fraction of sp³-hybridized carbons (Fsp3) is 1.00. The summed E-state index contributed by atoms with van der Waals surface area (Å²) in [6.45, 7) is 4.52. The molecule has 0 bridgehead atoms. The Kier molecular flexibility index (Phi) is 13.6. The van der Waals surface area contributed by atoms with Gasteiger partial charge in [-0.1, -0.05) is 26.2 Å². The van der Waals surface area contributed by atoms with Crippen molar-refractivity contribution in [2.24, 2.45) is 5.92 Å². The van der Waals surface area contributed by atoms with E-state index in [4.69, 9.17) is 0 Å². The summed E-state index contributed by atoms with van der Waals surface area (Å²) in [7, 11) is 0. The smallest absolute Gasteiger partial charge is 0 e. The Balaban J connectivity index is 0. The molecule has 0 aromatic heterocycles. The molecular weight excluding hydrogens is 276 g/mol. The third kappa shape index (κ3) is 5.77. The van der Waals surface area contributed by atoms with E-state index in [2.05, 4.69) is 12.2 Å². The summed E-state index contributed by atoms with van der Waals surface area (Å²) in [4.78, 5) is 0. The summed E-state index contributed by atoms with van der Waals surface area (Å²) < 4.78 is 0. The standard InChI is InChI=1S/C7H14N.2Y/c1-2-7-3-5-8-6-4-7;;/h7H,2-6H2,1H3;;/q-1;;. The molecule has 0 aliphatic carbocycles. The van der Waals surface area contributed by atoms with E-state index >= 15 is 0 Å². The second-order valence-corrected chi connectivity index (χ2v) is 2.52. The summed E-state index contributed by atoms with van der Waals surface area (Å²) in [6.07, 6.45) is 4.04. The molecule has 0 aromatic carbocycles. The SMILES string of the molecule is CCC1CC[N-]CC1.[Y].[Y]. The van der Waals surface area contributed by atoms with E-state index in [0.29, 0.717) is 0 Å². The fourth-order valence-corrected chi connectivity index (χ4v) is 1.21. The van der Waals surface area contributed by atoms with Gasteiger partial charge in [-0.05, 0) is 5.92 Å². The van der Waals surface area contributed by atoms with Crippen molar-refractivity contribution in [3.05, 3.63) is 5.32 Å². The molecule has 54 valence electrons. The van der Waals surface area contributed by atoms with Gasteiger partial charge in [0, 0.05) is 65.4 Å². The zero-order valence-electron chi connectivity index (χ0n) is 6.71. The van der Waals surface area contributed by atoms with Crippen molar-refractivity contribution in [1.29, 1.82) is 0 Å². The van der Waals surface area contributed by atoms with Gasteiger partial charge >= 0.3 is 0 Å². The topological polar surface area (TPSA) is 14.1 Å². The van der Waals surface area contributed by atoms with Crippen LogP contribution in [0, 0.1) is 5.92 Å². The first kappa shape index (κ1) is 14.7. The molecule has 1 aliphatic rings. The molecule has 0 saturated carbocycles. The second-order valence-electron chi connectivity index (χ2n) is 2.52. The predicted octanol–water partition coefficient (Wildman–Crippen LogP) is 2.18. The maximum atomic E-state index is 4.28. The maximum absolute atomic E-state index is 4.28. The van der Waals surface area contributed by atoms with Crippen LogP contribution in [-0.2, 0) is 65.4 Å². The zero-order valence-corrected chi connectivity index (χ0v) is 12.4. The molecule has 1 rings (SSSR count). The molecule has 2 radical (unpaired) electrons. The molecule has 10 heavy (non-hydrogen) atoms. The maximum Gasteiger partial charge on any atom is 0 e. The van der Waals surface area contributed by atoms with E-state index in [1.54, 1.807) is 0 Å². The van der Waals surface area contributed by atoms with E-state index in [-0.39, 0.29) is 65.4 Å². The molecule has 3 heteroatoms. The van der Waals surface area contributed by atoms with Gasteiger partial charge in [-0.2, -0.15) is 0 Å². The molecule has 0 amide bonds. The molecule has 0 N–H and O–H groups in total. The van der Waals surface area contributed by atoms with Crippen molar-refractivity contribution in [2.45, 2.75) is 26.2 Å². The van der Waals surface area contributed by atoms with Gasteiger partial charge < -0.3 is 5.32 Å². The Morgan fingerprint density at radius 3 is 2.00 bits per heavy atom. The van der Waals surface area contributed by atoms with Crippen LogP contribution >= 0.6 is 0 Å². The molecule has 1 heterocycles. The first-order chi connectivity index (χ1) is 3.93. The molecule has 0 aromatic rings. The molecule has 0 atom stereocenters. The van der Waals surface area contributed by atoms with Crippen LogP contribution in [0.1, 0.15) is 26.2 Å². The van der Waals surface area contributed by atoms with Gasteiger partial charge in [0.1, 0.15) is 0 Å². The first-order valence-corrected chi connectivity index (χ1v) is 3.56. The number of piperidine rings is 1. The van der Waals surface area contributed by atoms with Crippen LogP contribution in [-0.4, -0.2) is 13.1 Å². The third-order valence-corrected chi connectivity index (χ3v) is 1.97. The minimum atomic E-state index is 0. The minimum absolute atomic E-state index is 0. The van der Waals surface area contributed by atoms with Gasteiger partial charge in [0.25, 0.3) is 0 Å². The Labute approximate surface area is 114 Å². The third-order valence-electron chi connectivity index (χ3n) is 1.97. The number of rotatable bonds is 1. The van der Waals surface area contributed by atoms with Crippen LogP contribution in [0.3, 0.4) is 0 Å². The molecule has 1 nitrogen and oxygen atoms in total. The Morgan fingerprint density at radius 1 is 1.20 bits per heavy atom. The van der Waals surface area contributed by atoms with Crippen molar-refractivity contribution in [3.8, 4) is 0 Å². The monoisotopic (exact) mass is 290 g/mol. The van der Waals surface area contributed by atoms with E-state index in [1.165, 1.54) is 19.3 Å². The molecule has 0 unspecified atom stereocenters. The van der Waals surface area contributed by atoms with Gasteiger partial charge in [0.2, 0.25) is 0 Å². The fourth-order valence-electron chi connectivity index (χ4n) is 1.21. The van der Waals surface area contributed by atoms with E-state index in [0.717, 1.165) is 19.0 Å². The molecule has 0 spiro atoms. The average Bonchev–Trinajstić information content (AvgIpc) is 1.90. The van der Waals surface area contributed by atoms with Gasteiger partial charge in [-0.15, -0.1) is 13.1 Å². The van der Waals surface area contributed by atoms with Crippen molar-refractivity contribution >= 4 is 0 Å². The number of hydrogen-bond acceptors (Lipinski definition) is 0. The predicted molar refractivity (Wildman–Crippen MR) is 36.1 cm³/mol. The molecular formula is C7H14NY2-. The van der Waals surface area contributed by atoms with Crippen LogP contribution in [0.25, 0.3) is 5.32 Å². The van der Waals surface area contributed by atoms with Crippen LogP contribution in [0.5, 0.6) is 0 Å². The Bertz CT molecular complexity index is 62.6. The van der Waals surface area contributed by atoms with Crippen molar-refractivity contribution in [3.63, 3.8) is 0 Å². The average molecular weight is 290 g/mol. The van der Waals surface area contributed by atoms with Crippen LogP contribution in [0.2, 0.25) is 0 Å². The van der Waals surface area contributed by atoms with Gasteiger partial charge in [-0.3, -0.25) is 0 Å². The van der Waals surface area contributed by atoms with Crippen LogP contribution < -0.4 is 0 Å². The van der Waals surface area contributed by atoms with Crippen molar-refractivity contribution in [1.82, 2.24) is 0 Å². The summed E-state index contributed by atoms with van der Waals surface area (Å²) >= 11 is 0. The zero-order chi connectivity index (χ0) is 5.82. The van der Waals surface area contributed by atoms with Crippen LogP contribution in [0.15, 0.2) is 0 Å². The first-order valence-electron chi connectivity index (χ1n) is 3.56. The minimum Gasteiger partial charge on any atom is -0.662 e. The summed E-state index contributed by atoms with van der Waals surface area (Å²) in [5.41, 5.74) is 0. The van der Waals surface area contributed by atoms with Crippen molar-refractivity contribution in [2.75, 3.05) is 13.1 Å². The second kappa shape index (κ2) is 9.26. The molecule has 1 aliphatic heterocycles. The number of hydrogen-bond donors (Lipinski definition) is 0. The van der Waals surface area contributed by atoms with Gasteiger partial charge in [-0.25, -0.2) is 0 Å². The Morgan fingerprint density at radius 2 is 1.70 bits per heavy atom. The summed E-state index contributed by atoms with van der Waals surface area (Å²) in [5.74, 6) is 0.993. The van der Waals surface area contributed by atoms with Crippen molar-refractivity contribution < 1.29 is 65.4 Å². The normalized spacial score (nSPS) is 18.9. The van der Waals surface area contributed by atoms with Crippen LogP contribution in [0.4, 0.5) is 0 Å². The summed E-state index contributed by atoms with van der Waals surface area (Å²) in [6, 6.07) is 0. The Hall–Kier alpha value is 2.17. The molecule has 1 fully saturated rings. The largest absolute Gasteiger partial charge is 0.662 e. The van der Waals surface area contributed by atoms with E-state index in [1.807, 2.05) is 0 Å². The van der Waals surface area contributed by atoms with Gasteiger partial charge in [0.15, 0.2) is 0 Å². The van der Waals surface area contributed by atoms with E-state index in [9.17, 15) is 0 Å². The van der Waals surface area contributed by atoms with Gasteiger partial charge in [0.05, 0.1) is 0 Å². The number of nitrogens with zero attached hydrogens (tertiary/aromatic N) is 1. The quantitative estimate of drug-likeness (QED) is 0.703. The molecule has 1 saturated heterocycles. The van der Waals surface area contributed by atoms with E-state index < -0.39 is 0 Å². The summed E-state index contributed by atoms with van der Waals surface area (Å²) in [5, 5.41) is 4.28.